The van der Waals surface area contributed by atoms with E-state index in [2.05, 4.69) is 50.4 Å². The van der Waals surface area contributed by atoms with Crippen molar-refractivity contribution in [1.29, 1.82) is 0 Å². The number of hydrogen-bond acceptors (Lipinski definition) is 30. The normalized spacial score (nSPS) is 30.1. The molecule has 0 saturated carbocycles. The lowest BCUT2D eigenvalue weighted by atomic mass is 10.1. The van der Waals surface area contributed by atoms with Crippen LogP contribution in [0.1, 0.15) is 12.5 Å². The van der Waals surface area contributed by atoms with Gasteiger partial charge in [-0.1, -0.05) is 6.58 Å². The second-order valence-corrected chi connectivity index (χ2v) is 21.9. The molecular formula is C33H49N13O25P4. The monoisotopic (exact) mass is 1150 g/mol. The van der Waals surface area contributed by atoms with Crippen LogP contribution in [0, 0.1) is 0 Å². The predicted octanol–water partition coefficient (Wildman–Crippen LogP) is -3.60. The fraction of sp³-hybridized carbons (Fsp3) is 0.545. The number of hydrogen-bond donors (Lipinski definition) is 13. The van der Waals surface area contributed by atoms with E-state index in [1.807, 2.05) is 0 Å². The van der Waals surface area contributed by atoms with Gasteiger partial charge < -0.3 is 86.0 Å². The van der Waals surface area contributed by atoms with Crippen LogP contribution in [-0.4, -0.2) is 176 Å². The number of aliphatic hydroxyl groups is 3. The summed E-state index contributed by atoms with van der Waals surface area (Å²) in [6.07, 6.45) is -16.8. The van der Waals surface area contributed by atoms with E-state index in [0.29, 0.717) is 0 Å². The first kappa shape index (κ1) is 57.7. The second-order valence-electron chi connectivity index (χ2n) is 15.9. The van der Waals surface area contributed by atoms with Crippen molar-refractivity contribution in [3.05, 3.63) is 62.6 Å². The molecule has 416 valence electrons. The number of fused-ring (bicyclic) bond motifs is 1. The summed E-state index contributed by atoms with van der Waals surface area (Å²) in [5.41, 5.74) is 13.9. The summed E-state index contributed by atoms with van der Waals surface area (Å²) in [7, 11) is -20.0. The first-order valence-electron chi connectivity index (χ1n) is 21.1. The summed E-state index contributed by atoms with van der Waals surface area (Å²) < 4.78 is 111. The van der Waals surface area contributed by atoms with E-state index in [0.717, 1.165) is 53.0 Å². The van der Waals surface area contributed by atoms with Crippen molar-refractivity contribution in [3.63, 3.8) is 0 Å². The quantitative estimate of drug-likeness (QED) is 0.0319. The molecular weight excluding hydrogens is 1100 g/mol. The molecule has 16 atom stereocenters. The average Bonchev–Trinajstić information content (AvgIpc) is 4.05. The van der Waals surface area contributed by atoms with Gasteiger partial charge in [0.15, 0.2) is 35.7 Å². The number of phosphoric acid groups is 4. The lowest BCUT2D eigenvalue weighted by Gasteiger charge is -2.29. The molecule has 75 heavy (non-hydrogen) atoms. The van der Waals surface area contributed by atoms with Crippen LogP contribution < -0.4 is 44.2 Å². The Morgan fingerprint density at radius 2 is 1.32 bits per heavy atom. The number of phosphoric ester groups is 3. The van der Waals surface area contributed by atoms with Crippen LogP contribution in [0.3, 0.4) is 0 Å². The lowest BCUT2D eigenvalue weighted by molar-refractivity contribution is -0.0619. The van der Waals surface area contributed by atoms with Crippen molar-refractivity contribution in [2.24, 2.45) is 0 Å². The maximum atomic E-state index is 13.6. The molecule has 3 aliphatic heterocycles. The maximum Gasteiger partial charge on any atom is 0.490 e. The van der Waals surface area contributed by atoms with Crippen LogP contribution in [0.15, 0.2) is 45.8 Å². The minimum atomic E-state index is -6.21. The average molecular weight is 1150 g/mol. The number of aliphatic hydroxyl groups excluding tert-OH is 3. The molecule has 0 radical (unpaired) electrons. The molecule has 3 saturated heterocycles. The lowest BCUT2D eigenvalue weighted by Crippen LogP contribution is -2.43. The highest BCUT2D eigenvalue weighted by Gasteiger charge is 2.54. The van der Waals surface area contributed by atoms with Crippen molar-refractivity contribution < 1.29 is 104 Å². The fourth-order valence-electron chi connectivity index (χ4n) is 7.88. The third-order valence-corrected chi connectivity index (χ3v) is 16.3. The van der Waals surface area contributed by atoms with Gasteiger partial charge in [-0.15, -0.1) is 0 Å². The Bertz CT molecular complexity index is 3130. The molecule has 7 rings (SSSR count). The van der Waals surface area contributed by atoms with Crippen LogP contribution >= 0.6 is 31.3 Å². The molecule has 0 bridgehead atoms. The van der Waals surface area contributed by atoms with Gasteiger partial charge in [-0.05, 0) is 6.07 Å². The van der Waals surface area contributed by atoms with Crippen LogP contribution in [0.2, 0.25) is 0 Å². The molecule has 0 aromatic carbocycles. The van der Waals surface area contributed by atoms with Crippen molar-refractivity contribution in [3.8, 4) is 0 Å². The minimum Gasteiger partial charge on any atom is -0.387 e. The first-order valence-corrected chi connectivity index (χ1v) is 27.1. The zero-order valence-corrected chi connectivity index (χ0v) is 42.3. The smallest absolute Gasteiger partial charge is 0.387 e. The number of nitrogen functional groups attached to an aromatic ring is 3. The van der Waals surface area contributed by atoms with E-state index in [1.54, 1.807) is 0 Å². The SMILES string of the molecule is C=CN(c1nc(N)[nH]c(=O)c1NC)[C@@H]1O[C@H](COP(=O)(O)OP(=O)(O)OP(=O)(O)OC[C@H]2O[C@@H](n3ccc(N)nc3=O)C(OC)C2OP(=O)(O)OC[C@H]2O[C@@H](n3cnc4c(=O)[nH]c(N)nc43)C(O)C2O)C(OC)[C@@H]1O. The topological polar surface area (TPSA) is 549 Å². The molecule has 0 spiro atoms. The summed E-state index contributed by atoms with van der Waals surface area (Å²) in [5.74, 6) is -1.10. The fourth-order valence-corrected chi connectivity index (χ4v) is 12.4. The number of ether oxygens (including phenoxy) is 5. The number of aromatic nitrogens is 8. The highest BCUT2D eigenvalue weighted by Crippen LogP contribution is 2.68. The zero-order valence-electron chi connectivity index (χ0n) is 38.7. The van der Waals surface area contributed by atoms with Crippen molar-refractivity contribution >= 4 is 71.7 Å². The summed E-state index contributed by atoms with van der Waals surface area (Å²) in [4.78, 5) is 101. The van der Waals surface area contributed by atoms with E-state index < -0.39 is 142 Å². The molecule has 42 heteroatoms. The number of aromatic amines is 2. The highest BCUT2D eigenvalue weighted by atomic mass is 31.3. The van der Waals surface area contributed by atoms with Gasteiger partial charge in [0.05, 0.1) is 26.1 Å². The number of anilines is 5. The first-order chi connectivity index (χ1) is 35.1. The van der Waals surface area contributed by atoms with Crippen molar-refractivity contribution in [2.75, 3.05) is 68.5 Å². The third kappa shape index (κ3) is 12.7. The number of H-pyrrole nitrogens is 2. The van der Waals surface area contributed by atoms with Crippen molar-refractivity contribution in [1.82, 2.24) is 39.0 Å². The van der Waals surface area contributed by atoms with E-state index in [1.165, 1.54) is 7.05 Å². The molecule has 0 amide bonds. The van der Waals surface area contributed by atoms with Crippen LogP contribution in [-0.2, 0) is 68.7 Å². The Morgan fingerprint density at radius 1 is 0.747 bits per heavy atom. The summed E-state index contributed by atoms with van der Waals surface area (Å²) in [5, 5.41) is 35.3. The van der Waals surface area contributed by atoms with E-state index in [4.69, 9.17) is 59.0 Å². The minimum absolute atomic E-state index is 0.147. The number of imidazole rings is 1. The van der Waals surface area contributed by atoms with Gasteiger partial charge in [0.1, 0.15) is 66.4 Å². The Kier molecular flexibility index (Phi) is 17.4. The van der Waals surface area contributed by atoms with Gasteiger partial charge in [-0.25, -0.2) is 28.0 Å². The Morgan fingerprint density at radius 3 is 1.92 bits per heavy atom. The standard InChI is InChI=1S/C33H49N13O25P4/c1-5-44(24-16(37-2)26(50)42-31(35)40-24)29-20(49)21(61-3)13(67-29)9-64-73(55,56)70-75(59,60)71-74(57,58)65-10-14-22(23(62-4)30(68-14)45-7-6-15(34)39-33(45)52)69-72(53,54)63-8-12-18(47)19(48)28(66-12)46-11-38-17-25(46)41-32(36)43-27(17)51/h5-7,11-14,18-23,28-30,37,47-49H,1,8-10H2,2-4H3,(H,53,54)(H,55,56)(H,57,58)(H,59,60)(H2,34,39,52)(H3,35,40,42,50)(H3,36,41,43,51)/t12-,13-,14-,18?,19?,20+,21?,22?,23?,28-,29-,30-/m1/s1. The van der Waals surface area contributed by atoms with Gasteiger partial charge in [-0.3, -0.25) is 46.8 Å². The number of nitrogens with two attached hydrogens (primary N) is 3. The summed E-state index contributed by atoms with van der Waals surface area (Å²) in [6.45, 7) is 0.227. The summed E-state index contributed by atoms with van der Waals surface area (Å²) in [6, 6.07) is 1.14. The van der Waals surface area contributed by atoms with Crippen LogP contribution in [0.25, 0.3) is 11.2 Å². The predicted molar refractivity (Wildman–Crippen MR) is 247 cm³/mol. The Labute approximate surface area is 418 Å². The van der Waals surface area contributed by atoms with Crippen LogP contribution in [0.4, 0.5) is 29.2 Å². The molecule has 4 aromatic heterocycles. The van der Waals surface area contributed by atoms with Gasteiger partial charge in [0.25, 0.3) is 11.1 Å². The van der Waals surface area contributed by atoms with Gasteiger partial charge in [0.2, 0.25) is 11.9 Å². The van der Waals surface area contributed by atoms with Gasteiger partial charge in [-0.2, -0.15) is 23.6 Å². The zero-order chi connectivity index (χ0) is 55.1. The number of rotatable bonds is 23. The number of nitrogens with one attached hydrogen (secondary N) is 3. The van der Waals surface area contributed by atoms with E-state index >= 15 is 0 Å². The molecule has 3 fully saturated rings. The molecule has 4 aromatic rings. The molecule has 16 N–H and O–H groups in total. The second kappa shape index (κ2) is 22.6. The Balaban J connectivity index is 1.01. The molecule has 38 nitrogen and oxygen atoms in total. The summed E-state index contributed by atoms with van der Waals surface area (Å²) >= 11 is 0. The molecule has 9 unspecified atom stereocenters. The number of methoxy groups -OCH3 is 2. The van der Waals surface area contributed by atoms with Gasteiger partial charge >= 0.3 is 37.0 Å². The molecule has 3 aliphatic rings. The van der Waals surface area contributed by atoms with E-state index in [-0.39, 0.29) is 40.4 Å². The van der Waals surface area contributed by atoms with E-state index in [9.17, 15) is 67.5 Å². The third-order valence-electron chi connectivity index (χ3n) is 11.1. The Hall–Kier alpha value is -4.95. The van der Waals surface area contributed by atoms with Crippen LogP contribution in [0.5, 0.6) is 0 Å². The molecule has 7 heterocycles. The van der Waals surface area contributed by atoms with Gasteiger partial charge in [0, 0.05) is 33.7 Å². The highest BCUT2D eigenvalue weighted by molar-refractivity contribution is 7.66. The maximum absolute atomic E-state index is 13.6. The van der Waals surface area contributed by atoms with Crippen molar-refractivity contribution in [2.45, 2.75) is 73.6 Å². The number of nitrogens with zero attached hydrogens (tertiary/aromatic N) is 7. The molecule has 0 aliphatic carbocycles. The largest absolute Gasteiger partial charge is 0.490 e.